The largest absolute Gasteiger partial charge is 0.506 e. The van der Waals surface area contributed by atoms with Crippen molar-refractivity contribution in [1.29, 1.82) is 0 Å². The zero-order valence-corrected chi connectivity index (χ0v) is 15.1. The second-order valence-corrected chi connectivity index (χ2v) is 8.01. The van der Waals surface area contributed by atoms with Crippen molar-refractivity contribution in [3.05, 3.63) is 48.0 Å². The van der Waals surface area contributed by atoms with Gasteiger partial charge >= 0.3 is 0 Å². The molecule has 2 aromatic carbocycles. The van der Waals surface area contributed by atoms with Crippen molar-refractivity contribution in [2.75, 3.05) is 11.1 Å². The van der Waals surface area contributed by atoms with E-state index in [-0.39, 0.29) is 28.2 Å². The van der Waals surface area contributed by atoms with Gasteiger partial charge in [0.1, 0.15) is 11.5 Å². The predicted octanol–water partition coefficient (Wildman–Crippen LogP) is 3.23. The molecule has 6 nitrogen and oxygen atoms in total. The van der Waals surface area contributed by atoms with E-state index in [1.165, 1.54) is 25.1 Å². The van der Waals surface area contributed by atoms with Gasteiger partial charge < -0.3 is 15.2 Å². The molecule has 0 saturated heterocycles. The summed E-state index contributed by atoms with van der Waals surface area (Å²) in [5.74, 6) is -0.0892. The molecule has 0 heterocycles. The van der Waals surface area contributed by atoms with E-state index in [1.807, 2.05) is 13.8 Å². The first kappa shape index (κ1) is 18.8. The number of carbonyl (C=O) groups is 1. The number of anilines is 1. The highest BCUT2D eigenvalue weighted by Crippen LogP contribution is 2.27. The highest BCUT2D eigenvalue weighted by atomic mass is 32.2. The van der Waals surface area contributed by atoms with Gasteiger partial charge in [-0.2, -0.15) is 0 Å². The van der Waals surface area contributed by atoms with Crippen molar-refractivity contribution >= 4 is 21.4 Å². The summed E-state index contributed by atoms with van der Waals surface area (Å²) < 4.78 is 29.4. The third-order valence-corrected chi connectivity index (χ3v) is 5.18. The minimum atomic E-state index is -3.43. The van der Waals surface area contributed by atoms with Crippen molar-refractivity contribution in [3.8, 4) is 11.5 Å². The molecule has 1 amide bonds. The summed E-state index contributed by atoms with van der Waals surface area (Å²) in [6, 6.07) is 10.3. The fraction of sp³-hybridized carbons (Fsp3) is 0.278. The topological polar surface area (TPSA) is 92.7 Å². The van der Waals surface area contributed by atoms with Crippen LogP contribution in [-0.2, 0) is 9.84 Å². The Kier molecular flexibility index (Phi) is 5.69. The number of phenolic OH excluding ortho intramolecular Hbond substituents is 1. The smallest absolute Gasteiger partial charge is 0.255 e. The first-order valence-electron chi connectivity index (χ1n) is 7.86. The van der Waals surface area contributed by atoms with E-state index >= 15 is 0 Å². The number of hydrogen-bond acceptors (Lipinski definition) is 5. The molecular formula is C18H21NO5S. The van der Waals surface area contributed by atoms with Crippen LogP contribution in [0.25, 0.3) is 0 Å². The van der Waals surface area contributed by atoms with E-state index in [1.54, 1.807) is 24.3 Å². The molecule has 25 heavy (non-hydrogen) atoms. The second-order valence-electron chi connectivity index (χ2n) is 5.73. The molecule has 0 aliphatic rings. The molecule has 2 N–H and O–H groups in total. The third-order valence-electron chi connectivity index (χ3n) is 3.44. The Morgan fingerprint density at radius 2 is 1.80 bits per heavy atom. The molecule has 2 aromatic rings. The molecular weight excluding hydrogens is 342 g/mol. The molecule has 0 radical (unpaired) electrons. The van der Waals surface area contributed by atoms with Gasteiger partial charge in [-0.15, -0.1) is 0 Å². The predicted molar refractivity (Wildman–Crippen MR) is 96.0 cm³/mol. The zero-order valence-electron chi connectivity index (χ0n) is 14.3. The number of hydrogen-bond donors (Lipinski definition) is 2. The number of benzene rings is 2. The van der Waals surface area contributed by atoms with Gasteiger partial charge in [-0.05, 0) is 56.3 Å². The average Bonchev–Trinajstić information content (AvgIpc) is 2.56. The molecule has 134 valence electrons. The van der Waals surface area contributed by atoms with Crippen LogP contribution in [0.2, 0.25) is 0 Å². The van der Waals surface area contributed by atoms with Gasteiger partial charge in [-0.3, -0.25) is 4.79 Å². The minimum absolute atomic E-state index is 0.0277. The van der Waals surface area contributed by atoms with Gasteiger partial charge in [0, 0.05) is 5.56 Å². The van der Waals surface area contributed by atoms with Gasteiger partial charge in [-0.1, -0.05) is 6.92 Å². The van der Waals surface area contributed by atoms with E-state index in [4.69, 9.17) is 4.74 Å². The van der Waals surface area contributed by atoms with Crippen molar-refractivity contribution in [2.45, 2.75) is 31.8 Å². The number of amides is 1. The van der Waals surface area contributed by atoms with Gasteiger partial charge in [0.25, 0.3) is 5.91 Å². The Labute approximate surface area is 147 Å². The molecule has 0 fully saturated rings. The third kappa shape index (κ3) is 4.73. The van der Waals surface area contributed by atoms with E-state index in [0.29, 0.717) is 11.3 Å². The summed E-state index contributed by atoms with van der Waals surface area (Å²) >= 11 is 0. The summed E-state index contributed by atoms with van der Waals surface area (Å²) in [6.45, 7) is 5.34. The summed E-state index contributed by atoms with van der Waals surface area (Å²) in [5.41, 5.74) is 0.404. The lowest BCUT2D eigenvalue weighted by Gasteiger charge is -2.11. The van der Waals surface area contributed by atoms with Crippen LogP contribution in [0.15, 0.2) is 47.4 Å². The number of phenols is 1. The Morgan fingerprint density at radius 3 is 2.36 bits per heavy atom. The number of sulfone groups is 1. The van der Waals surface area contributed by atoms with Crippen LogP contribution < -0.4 is 10.1 Å². The van der Waals surface area contributed by atoms with E-state index in [0.717, 1.165) is 0 Å². The minimum Gasteiger partial charge on any atom is -0.506 e. The molecule has 0 saturated carbocycles. The van der Waals surface area contributed by atoms with Crippen LogP contribution in [0.3, 0.4) is 0 Å². The maximum atomic E-state index is 12.3. The molecule has 0 aliphatic heterocycles. The first-order chi connectivity index (χ1) is 11.7. The Hall–Kier alpha value is -2.54. The van der Waals surface area contributed by atoms with E-state index in [2.05, 4.69) is 5.32 Å². The van der Waals surface area contributed by atoms with Crippen LogP contribution >= 0.6 is 0 Å². The van der Waals surface area contributed by atoms with Gasteiger partial charge in [0.15, 0.2) is 9.84 Å². The molecule has 0 spiro atoms. The maximum Gasteiger partial charge on any atom is 0.255 e. The highest BCUT2D eigenvalue weighted by Gasteiger charge is 2.16. The molecule has 0 unspecified atom stereocenters. The molecule has 0 aliphatic carbocycles. The summed E-state index contributed by atoms with van der Waals surface area (Å²) in [5, 5.41) is 12.4. The van der Waals surface area contributed by atoms with E-state index < -0.39 is 15.7 Å². The fourth-order valence-corrected chi connectivity index (χ4v) is 3.03. The highest BCUT2D eigenvalue weighted by molar-refractivity contribution is 7.91. The van der Waals surface area contributed by atoms with Crippen LogP contribution in [-0.4, -0.2) is 31.3 Å². The summed E-state index contributed by atoms with van der Waals surface area (Å²) in [4.78, 5) is 12.4. The summed E-state index contributed by atoms with van der Waals surface area (Å²) in [6.07, 6.45) is 0.0277. The van der Waals surface area contributed by atoms with Gasteiger partial charge in [0.2, 0.25) is 0 Å². The lowest BCUT2D eigenvalue weighted by Crippen LogP contribution is -2.13. The van der Waals surface area contributed by atoms with Crippen LogP contribution in [0.4, 0.5) is 5.69 Å². The monoisotopic (exact) mass is 363 g/mol. The number of ether oxygens (including phenoxy) is 1. The fourth-order valence-electron chi connectivity index (χ4n) is 2.13. The number of aromatic hydroxyl groups is 1. The van der Waals surface area contributed by atoms with Crippen molar-refractivity contribution in [1.82, 2.24) is 0 Å². The molecule has 7 heteroatoms. The lowest BCUT2D eigenvalue weighted by atomic mass is 10.2. The van der Waals surface area contributed by atoms with Crippen molar-refractivity contribution in [2.24, 2.45) is 0 Å². The van der Waals surface area contributed by atoms with Gasteiger partial charge in [0.05, 0.1) is 22.4 Å². The molecule has 0 bridgehead atoms. The quantitative estimate of drug-likeness (QED) is 0.769. The maximum absolute atomic E-state index is 12.3. The van der Waals surface area contributed by atoms with Crippen LogP contribution in [0.5, 0.6) is 11.5 Å². The van der Waals surface area contributed by atoms with Crippen LogP contribution in [0, 0.1) is 0 Å². The first-order valence-corrected chi connectivity index (χ1v) is 9.52. The Balaban J connectivity index is 2.21. The normalized spacial score (nSPS) is 11.4. The lowest BCUT2D eigenvalue weighted by molar-refractivity contribution is 0.102. The zero-order chi connectivity index (χ0) is 18.6. The summed E-state index contributed by atoms with van der Waals surface area (Å²) in [7, 11) is -3.43. The van der Waals surface area contributed by atoms with Gasteiger partial charge in [-0.25, -0.2) is 8.42 Å². The molecule has 0 aromatic heterocycles. The second kappa shape index (κ2) is 7.57. The van der Waals surface area contributed by atoms with Crippen LogP contribution in [0.1, 0.15) is 31.1 Å². The standard InChI is InChI=1S/C18H21NO5S/c1-4-25(22,23)15-9-10-17(20)16(11-15)19-18(21)13-5-7-14(8-6-13)24-12(2)3/h5-12,20H,4H2,1-3H3,(H,19,21). The SMILES string of the molecule is CCS(=O)(=O)c1ccc(O)c(NC(=O)c2ccc(OC(C)C)cc2)c1. The molecule has 0 atom stereocenters. The number of rotatable bonds is 6. The average molecular weight is 363 g/mol. The molecule has 2 rings (SSSR count). The van der Waals surface area contributed by atoms with Crippen molar-refractivity contribution < 1.29 is 23.1 Å². The Morgan fingerprint density at radius 1 is 1.16 bits per heavy atom. The number of carbonyl (C=O) groups excluding carboxylic acids is 1. The van der Waals surface area contributed by atoms with E-state index in [9.17, 15) is 18.3 Å². The Bertz CT molecular complexity index is 858. The number of nitrogens with one attached hydrogen (secondary N) is 1. The van der Waals surface area contributed by atoms with Crippen molar-refractivity contribution in [3.63, 3.8) is 0 Å².